The van der Waals surface area contributed by atoms with E-state index in [1.165, 1.54) is 0 Å². The van der Waals surface area contributed by atoms with E-state index in [-0.39, 0.29) is 12.5 Å². The number of rotatable bonds is 7. The van der Waals surface area contributed by atoms with Crippen LogP contribution in [0.1, 0.15) is 12.0 Å². The van der Waals surface area contributed by atoms with Crippen molar-refractivity contribution in [2.24, 2.45) is 0 Å². The normalized spacial score (nSPS) is 10.7. The van der Waals surface area contributed by atoms with Gasteiger partial charge in [-0.25, -0.2) is 4.68 Å². The standard InChI is InChI=1S/C17H18N4O2S/c22-10-9-21-16(12-14(20-21)15-2-1-11-24-15)19-17(23)4-3-13-5-7-18-8-6-13/h1-2,5-8,11-12,22H,3-4,9-10H2,(H,19,23). The van der Waals surface area contributed by atoms with Crippen LogP contribution in [0.2, 0.25) is 0 Å². The quantitative estimate of drug-likeness (QED) is 0.691. The summed E-state index contributed by atoms with van der Waals surface area (Å²) >= 11 is 1.59. The molecule has 7 heteroatoms. The zero-order valence-corrected chi connectivity index (χ0v) is 13.9. The molecule has 124 valence electrons. The first kappa shape index (κ1) is 16.4. The van der Waals surface area contributed by atoms with Crippen LogP contribution in [-0.2, 0) is 17.8 Å². The number of hydrogen-bond donors (Lipinski definition) is 2. The van der Waals surface area contributed by atoms with Crippen LogP contribution in [0.3, 0.4) is 0 Å². The van der Waals surface area contributed by atoms with Gasteiger partial charge in [-0.3, -0.25) is 9.78 Å². The molecular formula is C17H18N4O2S. The number of aromatic nitrogens is 3. The van der Waals surface area contributed by atoms with E-state index >= 15 is 0 Å². The number of carbonyl (C=O) groups excluding carboxylic acids is 1. The average Bonchev–Trinajstić information content (AvgIpc) is 3.25. The fraction of sp³-hybridized carbons (Fsp3) is 0.235. The van der Waals surface area contributed by atoms with Crippen LogP contribution in [-0.4, -0.2) is 32.4 Å². The zero-order valence-electron chi connectivity index (χ0n) is 13.1. The molecule has 0 aromatic carbocycles. The molecule has 0 fully saturated rings. The van der Waals surface area contributed by atoms with E-state index in [1.54, 1.807) is 28.4 Å². The van der Waals surface area contributed by atoms with Crippen LogP contribution in [0.5, 0.6) is 0 Å². The second-order valence-corrected chi connectivity index (χ2v) is 6.19. The molecule has 3 heterocycles. The summed E-state index contributed by atoms with van der Waals surface area (Å²) in [6.45, 7) is 0.302. The lowest BCUT2D eigenvalue weighted by molar-refractivity contribution is -0.116. The molecule has 3 aromatic rings. The first-order valence-corrected chi connectivity index (χ1v) is 8.55. The third-order valence-corrected chi connectivity index (χ3v) is 4.42. The number of amides is 1. The van der Waals surface area contributed by atoms with Gasteiger partial charge in [-0.05, 0) is 35.6 Å². The Bertz CT molecular complexity index is 784. The van der Waals surface area contributed by atoms with Crippen LogP contribution < -0.4 is 5.32 Å². The summed E-state index contributed by atoms with van der Waals surface area (Å²) in [5.41, 5.74) is 1.87. The molecule has 0 aliphatic rings. The third-order valence-electron chi connectivity index (χ3n) is 3.52. The van der Waals surface area contributed by atoms with Gasteiger partial charge in [0.1, 0.15) is 11.5 Å². The van der Waals surface area contributed by atoms with Gasteiger partial charge in [0.25, 0.3) is 0 Å². The van der Waals surface area contributed by atoms with Crippen molar-refractivity contribution in [2.75, 3.05) is 11.9 Å². The van der Waals surface area contributed by atoms with Crippen LogP contribution in [0.4, 0.5) is 5.82 Å². The number of carbonyl (C=O) groups is 1. The minimum Gasteiger partial charge on any atom is -0.394 e. The Morgan fingerprint density at radius 1 is 1.29 bits per heavy atom. The summed E-state index contributed by atoms with van der Waals surface area (Å²) in [5.74, 6) is 0.524. The van der Waals surface area contributed by atoms with Gasteiger partial charge in [0, 0.05) is 24.9 Å². The Labute approximate surface area is 143 Å². The zero-order chi connectivity index (χ0) is 16.8. The lowest BCUT2D eigenvalue weighted by atomic mass is 10.1. The molecule has 24 heavy (non-hydrogen) atoms. The van der Waals surface area contributed by atoms with E-state index in [0.29, 0.717) is 25.2 Å². The molecule has 0 unspecified atom stereocenters. The first-order valence-electron chi connectivity index (χ1n) is 7.67. The molecule has 6 nitrogen and oxygen atoms in total. The molecule has 0 spiro atoms. The summed E-state index contributed by atoms with van der Waals surface area (Å²) in [4.78, 5) is 17.2. The molecule has 0 atom stereocenters. The highest BCUT2D eigenvalue weighted by molar-refractivity contribution is 7.13. The van der Waals surface area contributed by atoms with E-state index in [1.807, 2.05) is 35.7 Å². The second-order valence-electron chi connectivity index (χ2n) is 5.24. The fourth-order valence-corrected chi connectivity index (χ4v) is 3.02. The van der Waals surface area contributed by atoms with E-state index < -0.39 is 0 Å². The molecule has 3 rings (SSSR count). The largest absolute Gasteiger partial charge is 0.394 e. The maximum absolute atomic E-state index is 12.2. The molecule has 0 aliphatic heterocycles. The molecule has 2 N–H and O–H groups in total. The minimum atomic E-state index is -0.0800. The van der Waals surface area contributed by atoms with E-state index in [4.69, 9.17) is 0 Å². The Morgan fingerprint density at radius 3 is 2.83 bits per heavy atom. The molecule has 0 saturated carbocycles. The molecular weight excluding hydrogens is 324 g/mol. The number of pyridine rings is 1. The third kappa shape index (κ3) is 4.06. The molecule has 0 radical (unpaired) electrons. The van der Waals surface area contributed by atoms with Crippen LogP contribution in [0.15, 0.2) is 48.1 Å². The fourth-order valence-electron chi connectivity index (χ4n) is 2.34. The lowest BCUT2D eigenvalue weighted by Gasteiger charge is -2.07. The topological polar surface area (TPSA) is 80.0 Å². The van der Waals surface area contributed by atoms with Gasteiger partial charge in [-0.1, -0.05) is 6.07 Å². The molecule has 3 aromatic heterocycles. The summed E-state index contributed by atoms with van der Waals surface area (Å²) in [6.07, 6.45) is 4.47. The predicted molar refractivity (Wildman–Crippen MR) is 93.8 cm³/mol. The van der Waals surface area contributed by atoms with Crippen LogP contribution in [0.25, 0.3) is 10.6 Å². The summed E-state index contributed by atoms with van der Waals surface area (Å²) in [5, 5.41) is 18.5. The SMILES string of the molecule is O=C(CCc1ccncc1)Nc1cc(-c2cccs2)nn1CCO. The van der Waals surface area contributed by atoms with Gasteiger partial charge in [0.2, 0.25) is 5.91 Å². The molecule has 0 bridgehead atoms. The number of nitrogens with one attached hydrogen (secondary N) is 1. The van der Waals surface area contributed by atoms with Gasteiger partial charge in [0.05, 0.1) is 18.0 Å². The predicted octanol–water partition coefficient (Wildman–Crippen LogP) is 2.57. The van der Waals surface area contributed by atoms with Gasteiger partial charge < -0.3 is 10.4 Å². The maximum atomic E-state index is 12.2. The molecule has 0 aliphatic carbocycles. The Kier molecular flexibility index (Phi) is 5.35. The van der Waals surface area contributed by atoms with E-state index in [2.05, 4.69) is 15.4 Å². The van der Waals surface area contributed by atoms with Crippen molar-refractivity contribution in [1.29, 1.82) is 0 Å². The van der Waals surface area contributed by atoms with Gasteiger partial charge >= 0.3 is 0 Å². The van der Waals surface area contributed by atoms with Gasteiger partial charge in [0.15, 0.2) is 0 Å². The van der Waals surface area contributed by atoms with E-state index in [0.717, 1.165) is 16.1 Å². The summed E-state index contributed by atoms with van der Waals surface area (Å²) in [6, 6.07) is 9.57. The average molecular weight is 342 g/mol. The number of hydrogen-bond acceptors (Lipinski definition) is 5. The van der Waals surface area contributed by atoms with Crippen LogP contribution in [0, 0.1) is 0 Å². The molecule has 0 saturated heterocycles. The van der Waals surface area contributed by atoms with Crippen molar-refractivity contribution in [3.63, 3.8) is 0 Å². The second kappa shape index (κ2) is 7.85. The number of thiophene rings is 1. The number of aliphatic hydroxyl groups is 1. The number of aryl methyl sites for hydroxylation is 1. The van der Waals surface area contributed by atoms with Crippen molar-refractivity contribution >= 4 is 23.1 Å². The van der Waals surface area contributed by atoms with Crippen molar-refractivity contribution in [3.05, 3.63) is 53.7 Å². The minimum absolute atomic E-state index is 0.0363. The Morgan fingerprint density at radius 2 is 2.12 bits per heavy atom. The maximum Gasteiger partial charge on any atom is 0.225 e. The summed E-state index contributed by atoms with van der Waals surface area (Å²) < 4.78 is 1.62. The Hall–Kier alpha value is -2.51. The number of nitrogens with zero attached hydrogens (tertiary/aromatic N) is 3. The van der Waals surface area contributed by atoms with Gasteiger partial charge in [-0.15, -0.1) is 11.3 Å². The van der Waals surface area contributed by atoms with Crippen molar-refractivity contribution in [1.82, 2.24) is 14.8 Å². The van der Waals surface area contributed by atoms with Crippen molar-refractivity contribution in [2.45, 2.75) is 19.4 Å². The van der Waals surface area contributed by atoms with E-state index in [9.17, 15) is 9.90 Å². The van der Waals surface area contributed by atoms with Crippen molar-refractivity contribution < 1.29 is 9.90 Å². The summed E-state index contributed by atoms with van der Waals surface area (Å²) in [7, 11) is 0. The monoisotopic (exact) mass is 342 g/mol. The first-order chi connectivity index (χ1) is 11.8. The molecule has 1 amide bonds. The number of aliphatic hydroxyl groups excluding tert-OH is 1. The Balaban J connectivity index is 1.68. The number of anilines is 1. The van der Waals surface area contributed by atoms with Crippen molar-refractivity contribution in [3.8, 4) is 10.6 Å². The highest BCUT2D eigenvalue weighted by Gasteiger charge is 2.12. The van der Waals surface area contributed by atoms with Crippen LogP contribution >= 0.6 is 11.3 Å². The highest BCUT2D eigenvalue weighted by atomic mass is 32.1. The highest BCUT2D eigenvalue weighted by Crippen LogP contribution is 2.26. The smallest absolute Gasteiger partial charge is 0.225 e. The lowest BCUT2D eigenvalue weighted by Crippen LogP contribution is -2.17. The van der Waals surface area contributed by atoms with Gasteiger partial charge in [-0.2, -0.15) is 5.10 Å².